The Kier molecular flexibility index (Phi) is 7.72. The van der Waals surface area contributed by atoms with Gasteiger partial charge < -0.3 is 14.8 Å². The smallest absolute Gasteiger partial charge is 0.234 e. The number of ether oxygens (including phenoxy) is 2. The second-order valence-corrected chi connectivity index (χ2v) is 8.52. The van der Waals surface area contributed by atoms with Gasteiger partial charge in [0, 0.05) is 22.0 Å². The molecule has 0 fully saturated rings. The van der Waals surface area contributed by atoms with E-state index in [0.717, 1.165) is 22.7 Å². The molecule has 3 aromatic carbocycles. The number of halogens is 1. The van der Waals surface area contributed by atoms with Crippen LogP contribution < -0.4 is 14.8 Å². The zero-order chi connectivity index (χ0) is 23.9. The Morgan fingerprint density at radius 3 is 2.29 bits per heavy atom. The van der Waals surface area contributed by atoms with Crippen molar-refractivity contribution in [2.75, 3.05) is 24.8 Å². The molecule has 1 N–H and O–H groups in total. The standard InChI is InChI=1S/C25H23ClN4O3S/c1-3-33-22-12-8-19(9-13-22)27-23(31)16-34-25-29-28-24(17-4-6-18(26)7-5-17)30(25)20-10-14-21(32-2)15-11-20/h4-15H,3,16H2,1-2H3,(H,27,31). The van der Waals surface area contributed by atoms with Gasteiger partial charge in [0.15, 0.2) is 11.0 Å². The molecule has 1 aromatic heterocycles. The van der Waals surface area contributed by atoms with Gasteiger partial charge in [-0.25, -0.2) is 0 Å². The number of thioether (sulfide) groups is 1. The van der Waals surface area contributed by atoms with Crippen molar-refractivity contribution in [3.05, 3.63) is 77.8 Å². The van der Waals surface area contributed by atoms with E-state index >= 15 is 0 Å². The number of hydrogen-bond donors (Lipinski definition) is 1. The molecule has 7 nitrogen and oxygen atoms in total. The van der Waals surface area contributed by atoms with Gasteiger partial charge in [0.1, 0.15) is 11.5 Å². The molecule has 174 valence electrons. The largest absolute Gasteiger partial charge is 0.497 e. The van der Waals surface area contributed by atoms with E-state index < -0.39 is 0 Å². The maximum Gasteiger partial charge on any atom is 0.234 e. The molecule has 1 amide bonds. The van der Waals surface area contributed by atoms with Crippen molar-refractivity contribution in [3.8, 4) is 28.6 Å². The molecule has 0 aliphatic heterocycles. The minimum atomic E-state index is -0.147. The molecular formula is C25H23ClN4O3S. The molecule has 0 saturated heterocycles. The molecule has 4 rings (SSSR count). The number of benzene rings is 3. The van der Waals surface area contributed by atoms with Crippen LogP contribution in [0.25, 0.3) is 17.1 Å². The van der Waals surface area contributed by atoms with E-state index in [9.17, 15) is 4.79 Å². The first-order valence-electron chi connectivity index (χ1n) is 10.6. The summed E-state index contributed by atoms with van der Waals surface area (Å²) < 4.78 is 12.6. The van der Waals surface area contributed by atoms with Crippen LogP contribution in [0, 0.1) is 0 Å². The molecule has 0 saturated carbocycles. The van der Waals surface area contributed by atoms with Crippen LogP contribution in [0.5, 0.6) is 11.5 Å². The fourth-order valence-electron chi connectivity index (χ4n) is 3.24. The van der Waals surface area contributed by atoms with E-state index in [4.69, 9.17) is 21.1 Å². The number of nitrogens with one attached hydrogen (secondary N) is 1. The maximum atomic E-state index is 12.6. The summed E-state index contributed by atoms with van der Waals surface area (Å²) in [5.74, 6) is 2.18. The Bertz CT molecular complexity index is 1240. The second kappa shape index (κ2) is 11.1. The molecule has 0 aliphatic carbocycles. The average molecular weight is 495 g/mol. The zero-order valence-corrected chi connectivity index (χ0v) is 20.3. The summed E-state index contributed by atoms with van der Waals surface area (Å²) in [6.07, 6.45) is 0. The normalized spacial score (nSPS) is 10.7. The fourth-order valence-corrected chi connectivity index (χ4v) is 4.12. The van der Waals surface area contributed by atoms with E-state index in [1.807, 2.05) is 72.2 Å². The quantitative estimate of drug-likeness (QED) is 0.299. The number of rotatable bonds is 9. The molecule has 0 unspecified atom stereocenters. The van der Waals surface area contributed by atoms with Crippen LogP contribution in [0.1, 0.15) is 6.92 Å². The fraction of sp³-hybridized carbons (Fsp3) is 0.160. The Balaban J connectivity index is 1.54. The number of hydrogen-bond acceptors (Lipinski definition) is 6. The second-order valence-electron chi connectivity index (χ2n) is 7.14. The topological polar surface area (TPSA) is 78.3 Å². The van der Waals surface area contributed by atoms with E-state index in [-0.39, 0.29) is 11.7 Å². The molecule has 0 bridgehead atoms. The maximum absolute atomic E-state index is 12.6. The summed E-state index contributed by atoms with van der Waals surface area (Å²) in [6.45, 7) is 2.52. The number of nitrogens with zero attached hydrogens (tertiary/aromatic N) is 3. The SMILES string of the molecule is CCOc1ccc(NC(=O)CSc2nnc(-c3ccc(Cl)cc3)n2-c2ccc(OC)cc2)cc1. The molecule has 0 spiro atoms. The summed E-state index contributed by atoms with van der Waals surface area (Å²) in [5, 5.41) is 12.9. The molecule has 4 aromatic rings. The van der Waals surface area contributed by atoms with Gasteiger partial charge in [-0.05, 0) is 79.7 Å². The zero-order valence-electron chi connectivity index (χ0n) is 18.7. The number of aromatic nitrogens is 3. The van der Waals surface area contributed by atoms with Gasteiger partial charge in [0.2, 0.25) is 5.91 Å². The van der Waals surface area contributed by atoms with Crippen LogP contribution in [0.2, 0.25) is 5.02 Å². The third-order valence-electron chi connectivity index (χ3n) is 4.85. The van der Waals surface area contributed by atoms with Gasteiger partial charge in [-0.1, -0.05) is 23.4 Å². The number of methoxy groups -OCH3 is 1. The van der Waals surface area contributed by atoms with Crippen molar-refractivity contribution in [2.45, 2.75) is 12.1 Å². The summed E-state index contributed by atoms with van der Waals surface area (Å²) in [6, 6.07) is 22.2. The Morgan fingerprint density at radius 2 is 1.65 bits per heavy atom. The summed E-state index contributed by atoms with van der Waals surface area (Å²) in [4.78, 5) is 12.6. The minimum absolute atomic E-state index is 0.147. The Morgan fingerprint density at radius 1 is 0.971 bits per heavy atom. The van der Waals surface area contributed by atoms with Crippen LogP contribution >= 0.6 is 23.4 Å². The molecule has 0 aliphatic rings. The number of carbonyl (C=O) groups is 1. The van der Waals surface area contributed by atoms with Crippen LogP contribution in [-0.4, -0.2) is 40.1 Å². The number of carbonyl (C=O) groups excluding carboxylic acids is 1. The van der Waals surface area contributed by atoms with Gasteiger partial charge in [0.05, 0.1) is 19.5 Å². The highest BCUT2D eigenvalue weighted by atomic mass is 35.5. The first-order chi connectivity index (χ1) is 16.6. The van der Waals surface area contributed by atoms with Crippen LogP contribution in [0.15, 0.2) is 78.0 Å². The highest BCUT2D eigenvalue weighted by Crippen LogP contribution is 2.29. The lowest BCUT2D eigenvalue weighted by Crippen LogP contribution is -2.14. The highest BCUT2D eigenvalue weighted by molar-refractivity contribution is 7.99. The summed E-state index contributed by atoms with van der Waals surface area (Å²) in [7, 11) is 1.62. The predicted molar refractivity (Wildman–Crippen MR) is 135 cm³/mol. The van der Waals surface area contributed by atoms with Gasteiger partial charge >= 0.3 is 0 Å². The third kappa shape index (κ3) is 5.70. The van der Waals surface area contributed by atoms with Crippen LogP contribution in [-0.2, 0) is 4.79 Å². The first kappa shape index (κ1) is 23.7. The molecule has 9 heteroatoms. The third-order valence-corrected chi connectivity index (χ3v) is 6.03. The van der Waals surface area contributed by atoms with Gasteiger partial charge in [-0.2, -0.15) is 0 Å². The van der Waals surface area contributed by atoms with Gasteiger partial charge in [-0.15, -0.1) is 10.2 Å². The van der Waals surface area contributed by atoms with E-state index in [1.165, 1.54) is 11.8 Å². The lowest BCUT2D eigenvalue weighted by Gasteiger charge is -2.11. The van der Waals surface area contributed by atoms with E-state index in [1.54, 1.807) is 19.2 Å². The molecule has 1 heterocycles. The lowest BCUT2D eigenvalue weighted by molar-refractivity contribution is -0.113. The van der Waals surface area contributed by atoms with Crippen LogP contribution in [0.4, 0.5) is 5.69 Å². The van der Waals surface area contributed by atoms with Crippen molar-refractivity contribution in [1.29, 1.82) is 0 Å². The first-order valence-corrected chi connectivity index (χ1v) is 11.9. The summed E-state index contributed by atoms with van der Waals surface area (Å²) >= 11 is 7.36. The Hall–Kier alpha value is -3.49. The van der Waals surface area contributed by atoms with Crippen molar-refractivity contribution in [2.24, 2.45) is 0 Å². The van der Waals surface area contributed by atoms with Crippen LogP contribution in [0.3, 0.4) is 0 Å². The molecule has 0 atom stereocenters. The average Bonchev–Trinajstić information content (AvgIpc) is 3.28. The van der Waals surface area contributed by atoms with Crippen molar-refractivity contribution in [1.82, 2.24) is 14.8 Å². The molecule has 34 heavy (non-hydrogen) atoms. The van der Waals surface area contributed by atoms with Crippen molar-refractivity contribution in [3.63, 3.8) is 0 Å². The van der Waals surface area contributed by atoms with E-state index in [0.29, 0.717) is 28.3 Å². The van der Waals surface area contributed by atoms with Crippen molar-refractivity contribution < 1.29 is 14.3 Å². The molecule has 0 radical (unpaired) electrons. The lowest BCUT2D eigenvalue weighted by atomic mass is 10.2. The van der Waals surface area contributed by atoms with E-state index in [2.05, 4.69) is 15.5 Å². The highest BCUT2D eigenvalue weighted by Gasteiger charge is 2.17. The molecular weight excluding hydrogens is 472 g/mol. The monoisotopic (exact) mass is 494 g/mol. The minimum Gasteiger partial charge on any atom is -0.497 e. The number of anilines is 1. The number of amides is 1. The van der Waals surface area contributed by atoms with Gasteiger partial charge in [-0.3, -0.25) is 9.36 Å². The van der Waals surface area contributed by atoms with Crippen molar-refractivity contribution >= 4 is 35.0 Å². The van der Waals surface area contributed by atoms with Gasteiger partial charge in [0.25, 0.3) is 0 Å². The Labute approximate surface area is 207 Å². The summed E-state index contributed by atoms with van der Waals surface area (Å²) in [5.41, 5.74) is 2.41. The predicted octanol–water partition coefficient (Wildman–Crippen LogP) is 5.73.